The molecule has 16 heavy (non-hydrogen) atoms. The van der Waals surface area contributed by atoms with Crippen LogP contribution in [0.2, 0.25) is 0 Å². The molecule has 0 unspecified atom stereocenters. The van der Waals surface area contributed by atoms with E-state index in [1.54, 1.807) is 0 Å². The lowest BCUT2D eigenvalue weighted by atomic mass is 10.1. The maximum absolute atomic E-state index is 12.6. The number of hydrogen-bond acceptors (Lipinski definition) is 4. The Hall–Kier alpha value is -1.75. The van der Waals surface area contributed by atoms with Crippen molar-refractivity contribution in [3.63, 3.8) is 0 Å². The van der Waals surface area contributed by atoms with Crippen molar-refractivity contribution in [2.45, 2.75) is 19.4 Å². The minimum Gasteiger partial charge on any atom is -0.392 e. The van der Waals surface area contributed by atoms with E-state index in [-0.39, 0.29) is 12.2 Å². The number of esters is 2. The van der Waals surface area contributed by atoms with Crippen LogP contribution in [0.5, 0.6) is 0 Å². The van der Waals surface area contributed by atoms with Crippen molar-refractivity contribution in [2.24, 2.45) is 5.73 Å². The first kappa shape index (κ1) is 12.3. The molecule has 0 aliphatic carbocycles. The third kappa shape index (κ3) is 3.78. The number of rotatable bonds is 3. The molecule has 1 rings (SSSR count). The Morgan fingerprint density at radius 2 is 1.94 bits per heavy atom. The van der Waals surface area contributed by atoms with Gasteiger partial charge in [-0.25, -0.2) is 9.18 Å². The van der Waals surface area contributed by atoms with Crippen molar-refractivity contribution in [3.05, 3.63) is 35.6 Å². The SMILES string of the molecule is CC(=O)OC(=O)[C@@H](N)Cc1ccc(F)cc1. The summed E-state index contributed by atoms with van der Waals surface area (Å²) < 4.78 is 16.9. The van der Waals surface area contributed by atoms with Crippen LogP contribution in [0.1, 0.15) is 12.5 Å². The Morgan fingerprint density at radius 3 is 2.44 bits per heavy atom. The fraction of sp³-hybridized carbons (Fsp3) is 0.273. The van der Waals surface area contributed by atoms with Crippen LogP contribution in [0.15, 0.2) is 24.3 Å². The molecule has 0 saturated heterocycles. The molecule has 0 saturated carbocycles. The predicted octanol–water partition coefficient (Wildman–Crippen LogP) is 0.785. The zero-order valence-corrected chi connectivity index (χ0v) is 8.77. The fourth-order valence-electron chi connectivity index (χ4n) is 1.18. The van der Waals surface area contributed by atoms with Crippen LogP contribution in [0.25, 0.3) is 0 Å². The maximum atomic E-state index is 12.6. The molecule has 0 amide bonds. The average Bonchev–Trinajstić information content (AvgIpc) is 2.20. The summed E-state index contributed by atoms with van der Waals surface area (Å²) in [5, 5.41) is 0. The van der Waals surface area contributed by atoms with Gasteiger partial charge < -0.3 is 10.5 Å². The number of nitrogens with two attached hydrogens (primary N) is 1. The van der Waals surface area contributed by atoms with E-state index in [2.05, 4.69) is 4.74 Å². The van der Waals surface area contributed by atoms with Gasteiger partial charge in [0.15, 0.2) is 0 Å². The van der Waals surface area contributed by atoms with E-state index >= 15 is 0 Å². The van der Waals surface area contributed by atoms with Crippen molar-refractivity contribution in [1.82, 2.24) is 0 Å². The standard InChI is InChI=1S/C11H12FNO3/c1-7(14)16-11(15)10(13)6-8-2-4-9(12)5-3-8/h2-5,10H,6,13H2,1H3/t10-/m0/s1. The third-order valence-corrected chi connectivity index (χ3v) is 1.92. The van der Waals surface area contributed by atoms with Crippen LogP contribution < -0.4 is 5.73 Å². The topological polar surface area (TPSA) is 69.4 Å². The molecule has 0 aliphatic heterocycles. The van der Waals surface area contributed by atoms with Crippen molar-refractivity contribution >= 4 is 11.9 Å². The Balaban J connectivity index is 2.57. The zero-order valence-electron chi connectivity index (χ0n) is 8.77. The van der Waals surface area contributed by atoms with Gasteiger partial charge in [-0.05, 0) is 24.1 Å². The van der Waals surface area contributed by atoms with Crippen LogP contribution >= 0.6 is 0 Å². The second-order valence-corrected chi connectivity index (χ2v) is 3.35. The molecule has 86 valence electrons. The van der Waals surface area contributed by atoms with Gasteiger partial charge in [-0.1, -0.05) is 12.1 Å². The highest BCUT2D eigenvalue weighted by Crippen LogP contribution is 2.05. The molecular formula is C11H12FNO3. The first-order chi connectivity index (χ1) is 7.49. The Kier molecular flexibility index (Phi) is 4.13. The van der Waals surface area contributed by atoms with Crippen molar-refractivity contribution < 1.29 is 18.7 Å². The maximum Gasteiger partial charge on any atom is 0.330 e. The highest BCUT2D eigenvalue weighted by molar-refractivity contribution is 5.87. The lowest BCUT2D eigenvalue weighted by molar-refractivity contribution is -0.159. The molecule has 4 nitrogen and oxygen atoms in total. The summed E-state index contributed by atoms with van der Waals surface area (Å²) >= 11 is 0. The van der Waals surface area contributed by atoms with Crippen LogP contribution in [-0.4, -0.2) is 18.0 Å². The summed E-state index contributed by atoms with van der Waals surface area (Å²) in [6.45, 7) is 1.13. The van der Waals surface area contributed by atoms with E-state index in [1.807, 2.05) is 0 Å². The third-order valence-electron chi connectivity index (χ3n) is 1.92. The summed E-state index contributed by atoms with van der Waals surface area (Å²) in [6, 6.07) is 4.68. The van der Waals surface area contributed by atoms with Crippen LogP contribution in [0.3, 0.4) is 0 Å². The van der Waals surface area contributed by atoms with Gasteiger partial charge in [0.2, 0.25) is 0 Å². The highest BCUT2D eigenvalue weighted by atomic mass is 19.1. The molecule has 0 spiro atoms. The van der Waals surface area contributed by atoms with E-state index in [0.717, 1.165) is 6.92 Å². The molecule has 0 heterocycles. The molecule has 0 bridgehead atoms. The largest absolute Gasteiger partial charge is 0.392 e. The first-order valence-corrected chi connectivity index (χ1v) is 4.71. The first-order valence-electron chi connectivity index (χ1n) is 4.71. The Bertz CT molecular complexity index is 389. The lowest BCUT2D eigenvalue weighted by Gasteiger charge is -2.09. The lowest BCUT2D eigenvalue weighted by Crippen LogP contribution is -2.35. The van der Waals surface area contributed by atoms with E-state index in [4.69, 9.17) is 5.73 Å². The van der Waals surface area contributed by atoms with Gasteiger partial charge in [-0.3, -0.25) is 4.79 Å². The van der Waals surface area contributed by atoms with Crippen LogP contribution in [0, 0.1) is 5.82 Å². The molecule has 0 aliphatic rings. The van der Waals surface area contributed by atoms with Gasteiger partial charge in [-0.15, -0.1) is 0 Å². The Morgan fingerprint density at radius 1 is 1.38 bits per heavy atom. The van der Waals surface area contributed by atoms with Gasteiger partial charge in [-0.2, -0.15) is 0 Å². The minimum absolute atomic E-state index is 0.201. The second-order valence-electron chi connectivity index (χ2n) is 3.35. The summed E-state index contributed by atoms with van der Waals surface area (Å²) in [5.74, 6) is -1.83. The molecule has 1 aromatic carbocycles. The summed E-state index contributed by atoms with van der Waals surface area (Å²) in [4.78, 5) is 21.7. The number of hydrogen-bond donors (Lipinski definition) is 1. The normalized spacial score (nSPS) is 11.9. The quantitative estimate of drug-likeness (QED) is 0.609. The molecule has 0 aromatic heterocycles. The van der Waals surface area contributed by atoms with Crippen molar-refractivity contribution in [1.29, 1.82) is 0 Å². The molecule has 0 radical (unpaired) electrons. The van der Waals surface area contributed by atoms with Gasteiger partial charge >= 0.3 is 11.9 Å². The van der Waals surface area contributed by atoms with Crippen LogP contribution in [0.4, 0.5) is 4.39 Å². The molecule has 2 N–H and O–H groups in total. The smallest absolute Gasteiger partial charge is 0.330 e. The van der Waals surface area contributed by atoms with Gasteiger partial charge in [0.25, 0.3) is 0 Å². The zero-order chi connectivity index (χ0) is 12.1. The minimum atomic E-state index is -0.922. The summed E-state index contributed by atoms with van der Waals surface area (Å²) in [7, 11) is 0. The van der Waals surface area contributed by atoms with Gasteiger partial charge in [0.1, 0.15) is 11.9 Å². The fourth-order valence-corrected chi connectivity index (χ4v) is 1.18. The van der Waals surface area contributed by atoms with Gasteiger partial charge in [0, 0.05) is 6.92 Å². The van der Waals surface area contributed by atoms with E-state index in [9.17, 15) is 14.0 Å². The number of carbonyl (C=O) groups excluding carboxylic acids is 2. The van der Waals surface area contributed by atoms with Gasteiger partial charge in [0.05, 0.1) is 0 Å². The van der Waals surface area contributed by atoms with Crippen molar-refractivity contribution in [3.8, 4) is 0 Å². The number of ether oxygens (including phenoxy) is 1. The number of halogens is 1. The summed E-state index contributed by atoms with van der Waals surface area (Å²) in [5.41, 5.74) is 6.22. The number of carbonyl (C=O) groups is 2. The summed E-state index contributed by atoms with van der Waals surface area (Å²) in [6.07, 6.45) is 0.201. The van der Waals surface area contributed by atoms with E-state index in [1.165, 1.54) is 24.3 Å². The molecule has 1 aromatic rings. The molecular weight excluding hydrogens is 213 g/mol. The molecule has 0 fully saturated rings. The van der Waals surface area contributed by atoms with E-state index < -0.39 is 18.0 Å². The second kappa shape index (κ2) is 5.37. The molecule has 1 atom stereocenters. The predicted molar refractivity (Wildman–Crippen MR) is 54.9 cm³/mol. The highest BCUT2D eigenvalue weighted by Gasteiger charge is 2.17. The van der Waals surface area contributed by atoms with Crippen LogP contribution in [-0.2, 0) is 20.7 Å². The average molecular weight is 225 g/mol. The van der Waals surface area contributed by atoms with E-state index in [0.29, 0.717) is 5.56 Å². The van der Waals surface area contributed by atoms with Crippen molar-refractivity contribution in [2.75, 3.05) is 0 Å². The number of benzene rings is 1. The monoisotopic (exact) mass is 225 g/mol. The Labute approximate surface area is 92.2 Å². The molecule has 5 heteroatoms.